The molecule has 40 heavy (non-hydrogen) atoms. The van der Waals surface area contributed by atoms with Gasteiger partial charge in [-0.25, -0.2) is 9.18 Å². The standard InChI is InChI=1S/C28H26F6N2O4/c1-4-39-24-11-20(15-35-16(24)3)17-6-7-18(23(29)10-17)12-25(37)36-21-9-8-19(22(13-21)28(32,33)34)14-27(30,31)26(38)40-5-2/h6-11,13,15H,4-5,12,14H2,1-3H3,(H,36,37). The van der Waals surface area contributed by atoms with Crippen molar-refractivity contribution in [1.82, 2.24) is 4.98 Å². The molecule has 0 radical (unpaired) electrons. The van der Waals surface area contributed by atoms with E-state index in [1.54, 1.807) is 25.3 Å². The smallest absolute Gasteiger partial charge is 0.416 e. The second-order valence-electron chi connectivity index (χ2n) is 8.74. The lowest BCUT2D eigenvalue weighted by Crippen LogP contribution is -2.34. The molecule has 0 spiro atoms. The largest absolute Gasteiger partial charge is 0.492 e. The van der Waals surface area contributed by atoms with Crippen molar-refractivity contribution in [1.29, 1.82) is 0 Å². The summed E-state index contributed by atoms with van der Waals surface area (Å²) in [4.78, 5) is 28.2. The lowest BCUT2D eigenvalue weighted by atomic mass is 9.99. The number of hydrogen-bond donors (Lipinski definition) is 1. The number of rotatable bonds is 10. The zero-order valence-electron chi connectivity index (χ0n) is 21.8. The number of hydrogen-bond acceptors (Lipinski definition) is 5. The molecule has 0 unspecified atom stereocenters. The molecule has 2 aromatic carbocycles. The van der Waals surface area contributed by atoms with Crippen LogP contribution in [-0.4, -0.2) is 36.0 Å². The minimum absolute atomic E-state index is 0.0203. The summed E-state index contributed by atoms with van der Waals surface area (Å²) >= 11 is 0. The van der Waals surface area contributed by atoms with Crippen LogP contribution in [0.5, 0.6) is 5.75 Å². The summed E-state index contributed by atoms with van der Waals surface area (Å²) in [6.07, 6.45) is -5.57. The number of pyridine rings is 1. The van der Waals surface area contributed by atoms with Crippen LogP contribution in [0.4, 0.5) is 32.0 Å². The molecular formula is C28H26F6N2O4. The molecule has 0 atom stereocenters. The van der Waals surface area contributed by atoms with E-state index in [0.717, 1.165) is 12.1 Å². The van der Waals surface area contributed by atoms with E-state index in [1.165, 1.54) is 19.1 Å². The van der Waals surface area contributed by atoms with Gasteiger partial charge in [0.15, 0.2) is 0 Å². The highest BCUT2D eigenvalue weighted by molar-refractivity contribution is 5.92. The van der Waals surface area contributed by atoms with Crippen molar-refractivity contribution in [3.05, 3.63) is 76.9 Å². The van der Waals surface area contributed by atoms with Crippen molar-refractivity contribution in [2.24, 2.45) is 0 Å². The average molecular weight is 569 g/mol. The van der Waals surface area contributed by atoms with Crippen LogP contribution in [0.1, 0.15) is 36.2 Å². The molecule has 0 aliphatic heterocycles. The Labute approximate surface area is 226 Å². The summed E-state index contributed by atoms with van der Waals surface area (Å²) < 4.78 is 93.6. The van der Waals surface area contributed by atoms with Gasteiger partial charge in [-0.05, 0) is 61.7 Å². The number of alkyl halides is 5. The number of amides is 1. The number of ether oxygens (including phenoxy) is 2. The van der Waals surface area contributed by atoms with E-state index in [9.17, 15) is 35.9 Å². The summed E-state index contributed by atoms with van der Waals surface area (Å²) in [5, 5.41) is 2.23. The molecule has 6 nitrogen and oxygen atoms in total. The second-order valence-corrected chi connectivity index (χ2v) is 8.74. The number of esters is 1. The van der Waals surface area contributed by atoms with Crippen molar-refractivity contribution < 1.29 is 45.4 Å². The molecule has 3 aromatic rings. The topological polar surface area (TPSA) is 77.5 Å². The molecule has 12 heteroatoms. The number of halogens is 6. The number of benzene rings is 2. The van der Waals surface area contributed by atoms with Crippen molar-refractivity contribution in [3.8, 4) is 16.9 Å². The number of carbonyl (C=O) groups is 2. The van der Waals surface area contributed by atoms with Gasteiger partial charge in [-0.15, -0.1) is 0 Å². The highest BCUT2D eigenvalue weighted by atomic mass is 19.4. The molecule has 214 valence electrons. The molecule has 1 N–H and O–H groups in total. The molecule has 0 saturated carbocycles. The number of carbonyl (C=O) groups excluding carboxylic acids is 2. The minimum atomic E-state index is -5.06. The molecule has 3 rings (SSSR count). The molecule has 0 aliphatic rings. The number of nitrogens with zero attached hydrogens (tertiary/aromatic N) is 1. The number of aryl methyl sites for hydroxylation is 1. The number of anilines is 1. The minimum Gasteiger partial charge on any atom is -0.492 e. The van der Waals surface area contributed by atoms with E-state index in [0.29, 0.717) is 35.2 Å². The number of aromatic nitrogens is 1. The van der Waals surface area contributed by atoms with Gasteiger partial charge >= 0.3 is 18.1 Å². The van der Waals surface area contributed by atoms with Crippen molar-refractivity contribution in [3.63, 3.8) is 0 Å². The highest BCUT2D eigenvalue weighted by Gasteiger charge is 2.43. The fraction of sp³-hybridized carbons (Fsp3) is 0.321. The zero-order chi connectivity index (χ0) is 29.7. The second kappa shape index (κ2) is 12.4. The average Bonchev–Trinajstić information content (AvgIpc) is 2.87. The third kappa shape index (κ3) is 7.51. The van der Waals surface area contributed by atoms with Crippen molar-refractivity contribution in [2.45, 2.75) is 45.7 Å². The van der Waals surface area contributed by atoms with Crippen molar-refractivity contribution >= 4 is 17.6 Å². The van der Waals surface area contributed by atoms with Crippen LogP contribution in [0.15, 0.2) is 48.7 Å². The molecule has 1 amide bonds. The Hall–Kier alpha value is -4.09. The molecule has 0 fully saturated rings. The third-order valence-corrected chi connectivity index (χ3v) is 5.76. The highest BCUT2D eigenvalue weighted by Crippen LogP contribution is 2.36. The quantitative estimate of drug-likeness (QED) is 0.222. The molecular weight excluding hydrogens is 542 g/mol. The summed E-state index contributed by atoms with van der Waals surface area (Å²) in [6.45, 7) is 4.91. The van der Waals surface area contributed by atoms with Crippen LogP contribution in [0.25, 0.3) is 11.1 Å². The summed E-state index contributed by atoms with van der Waals surface area (Å²) in [5.41, 5.74) is -0.961. The Morgan fingerprint density at radius 3 is 2.25 bits per heavy atom. The summed E-state index contributed by atoms with van der Waals surface area (Å²) in [6, 6.07) is 8.05. The molecule has 0 bridgehead atoms. The fourth-order valence-electron chi connectivity index (χ4n) is 3.84. The third-order valence-electron chi connectivity index (χ3n) is 5.76. The van der Waals surface area contributed by atoms with E-state index in [1.807, 2.05) is 6.92 Å². The van der Waals surface area contributed by atoms with E-state index >= 15 is 0 Å². The van der Waals surface area contributed by atoms with Gasteiger partial charge in [0.05, 0.1) is 30.9 Å². The number of nitrogens with one attached hydrogen (secondary N) is 1. The Kier molecular flexibility index (Phi) is 9.44. The predicted molar refractivity (Wildman–Crippen MR) is 135 cm³/mol. The monoisotopic (exact) mass is 568 g/mol. The SMILES string of the molecule is CCOC(=O)C(F)(F)Cc1ccc(NC(=O)Cc2ccc(-c3cnc(C)c(OCC)c3)cc2F)cc1C(F)(F)F. The van der Waals surface area contributed by atoms with Gasteiger partial charge in [-0.3, -0.25) is 9.78 Å². The van der Waals surface area contributed by atoms with E-state index in [2.05, 4.69) is 15.0 Å². The molecule has 1 aromatic heterocycles. The van der Waals surface area contributed by atoms with Crippen LogP contribution in [-0.2, 0) is 33.3 Å². The Morgan fingerprint density at radius 1 is 0.925 bits per heavy atom. The van der Waals surface area contributed by atoms with Gasteiger partial charge in [0.1, 0.15) is 11.6 Å². The Morgan fingerprint density at radius 2 is 1.62 bits per heavy atom. The van der Waals surface area contributed by atoms with Gasteiger partial charge in [0.25, 0.3) is 0 Å². The van der Waals surface area contributed by atoms with Crippen LogP contribution in [0.2, 0.25) is 0 Å². The first-order valence-electron chi connectivity index (χ1n) is 12.2. The predicted octanol–water partition coefficient (Wildman–Crippen LogP) is 6.54. The summed E-state index contributed by atoms with van der Waals surface area (Å²) in [5.74, 6) is -7.15. The van der Waals surface area contributed by atoms with Crippen LogP contribution in [0, 0.1) is 12.7 Å². The van der Waals surface area contributed by atoms with Crippen molar-refractivity contribution in [2.75, 3.05) is 18.5 Å². The first-order chi connectivity index (χ1) is 18.7. The van der Waals surface area contributed by atoms with E-state index in [4.69, 9.17) is 4.74 Å². The van der Waals surface area contributed by atoms with E-state index < -0.39 is 53.8 Å². The van der Waals surface area contributed by atoms with Crippen LogP contribution < -0.4 is 10.1 Å². The normalized spacial score (nSPS) is 11.7. The summed E-state index contributed by atoms with van der Waals surface area (Å²) in [7, 11) is 0. The van der Waals surface area contributed by atoms with Gasteiger partial charge in [0, 0.05) is 23.9 Å². The Balaban J connectivity index is 1.77. The van der Waals surface area contributed by atoms with Gasteiger partial charge in [-0.1, -0.05) is 18.2 Å². The first-order valence-corrected chi connectivity index (χ1v) is 12.2. The molecule has 0 saturated heterocycles. The van der Waals surface area contributed by atoms with Gasteiger partial charge in [-0.2, -0.15) is 22.0 Å². The lowest BCUT2D eigenvalue weighted by Gasteiger charge is -2.19. The van der Waals surface area contributed by atoms with Crippen LogP contribution in [0.3, 0.4) is 0 Å². The molecule has 0 aliphatic carbocycles. The fourth-order valence-corrected chi connectivity index (χ4v) is 3.84. The van der Waals surface area contributed by atoms with E-state index in [-0.39, 0.29) is 17.9 Å². The van der Waals surface area contributed by atoms with Gasteiger partial charge < -0.3 is 14.8 Å². The molecule has 1 heterocycles. The maximum atomic E-state index is 14.8. The van der Waals surface area contributed by atoms with Crippen LogP contribution >= 0.6 is 0 Å². The van der Waals surface area contributed by atoms with Gasteiger partial charge in [0.2, 0.25) is 5.91 Å². The maximum Gasteiger partial charge on any atom is 0.416 e. The first kappa shape index (κ1) is 30.5. The zero-order valence-corrected chi connectivity index (χ0v) is 21.8. The lowest BCUT2D eigenvalue weighted by molar-refractivity contribution is -0.171. The Bertz CT molecular complexity index is 1390. The maximum absolute atomic E-state index is 14.8.